The number of carboxylic acids is 1. The van der Waals surface area contributed by atoms with E-state index in [1.807, 2.05) is 0 Å². The quantitative estimate of drug-likeness (QED) is 0.790. The van der Waals surface area contributed by atoms with Crippen molar-refractivity contribution < 1.29 is 9.90 Å². The highest BCUT2D eigenvalue weighted by Crippen LogP contribution is 2.44. The maximum Gasteiger partial charge on any atom is 0.354 e. The van der Waals surface area contributed by atoms with E-state index in [0.717, 1.165) is 6.54 Å². The zero-order valence-electron chi connectivity index (χ0n) is 8.66. The predicted octanol–water partition coefficient (Wildman–Crippen LogP) is 1.99. The van der Waals surface area contributed by atoms with Crippen LogP contribution in [-0.4, -0.2) is 22.6 Å². The van der Waals surface area contributed by atoms with Crippen molar-refractivity contribution in [3.8, 4) is 0 Å². The highest BCUT2D eigenvalue weighted by molar-refractivity contribution is 5.85. The van der Waals surface area contributed by atoms with Gasteiger partial charge in [0.05, 0.1) is 0 Å². The molecule has 0 saturated heterocycles. The van der Waals surface area contributed by atoms with Gasteiger partial charge in [-0.2, -0.15) is 0 Å². The smallest absolute Gasteiger partial charge is 0.354 e. The molecule has 2 rings (SSSR count). The van der Waals surface area contributed by atoms with Crippen LogP contribution in [0.2, 0.25) is 0 Å². The molecule has 1 aliphatic carbocycles. The number of carboxylic acid groups (broad SMARTS) is 1. The number of carbonyl (C=O) groups is 1. The molecule has 0 radical (unpaired) electrons. The van der Waals surface area contributed by atoms with Crippen LogP contribution in [0.25, 0.3) is 0 Å². The summed E-state index contributed by atoms with van der Waals surface area (Å²) in [5.41, 5.74) is 0.474. The van der Waals surface area contributed by atoms with Crippen molar-refractivity contribution in [1.29, 1.82) is 0 Å². The first-order valence-electron chi connectivity index (χ1n) is 5.03. The minimum absolute atomic E-state index is 0.0842. The summed E-state index contributed by atoms with van der Waals surface area (Å²) in [6.07, 6.45) is 2.47. The third kappa shape index (κ3) is 2.46. The molecule has 0 aliphatic heterocycles. The molecule has 1 saturated carbocycles. The van der Waals surface area contributed by atoms with E-state index in [4.69, 9.17) is 5.11 Å². The summed E-state index contributed by atoms with van der Waals surface area (Å²) in [5, 5.41) is 11.9. The molecule has 4 nitrogen and oxygen atoms in total. The third-order valence-corrected chi connectivity index (χ3v) is 2.77. The third-order valence-electron chi connectivity index (χ3n) is 2.77. The van der Waals surface area contributed by atoms with Crippen molar-refractivity contribution >= 4 is 11.8 Å². The number of rotatable bonds is 4. The number of nitrogens with one attached hydrogen (secondary N) is 1. The molecule has 4 heteroatoms. The molecule has 0 aromatic carbocycles. The summed E-state index contributed by atoms with van der Waals surface area (Å²) in [7, 11) is 0. The molecule has 1 aromatic rings. The van der Waals surface area contributed by atoms with E-state index in [1.54, 1.807) is 12.1 Å². The first kappa shape index (κ1) is 9.96. The van der Waals surface area contributed by atoms with Gasteiger partial charge in [0.15, 0.2) is 5.69 Å². The second-order valence-corrected chi connectivity index (χ2v) is 4.38. The molecule has 1 aromatic heterocycles. The van der Waals surface area contributed by atoms with E-state index in [2.05, 4.69) is 17.2 Å². The molecular weight excluding hydrogens is 192 g/mol. The summed E-state index contributed by atoms with van der Waals surface area (Å²) in [5.74, 6) is -0.348. The highest BCUT2D eigenvalue weighted by atomic mass is 16.4. The fraction of sp³-hybridized carbons (Fsp3) is 0.455. The molecule has 0 bridgehead atoms. The van der Waals surface area contributed by atoms with Crippen molar-refractivity contribution in [2.24, 2.45) is 5.41 Å². The Balaban J connectivity index is 2.01. The van der Waals surface area contributed by atoms with E-state index < -0.39 is 5.97 Å². The number of aromatic nitrogens is 1. The second kappa shape index (κ2) is 3.53. The first-order chi connectivity index (χ1) is 7.09. The monoisotopic (exact) mass is 206 g/mol. The molecule has 0 spiro atoms. The van der Waals surface area contributed by atoms with Crippen LogP contribution < -0.4 is 5.32 Å². The molecule has 1 fully saturated rings. The average Bonchev–Trinajstić information content (AvgIpc) is 2.95. The van der Waals surface area contributed by atoms with E-state index in [1.165, 1.54) is 18.9 Å². The van der Waals surface area contributed by atoms with Gasteiger partial charge in [0.2, 0.25) is 0 Å². The van der Waals surface area contributed by atoms with Crippen molar-refractivity contribution in [2.75, 3.05) is 11.9 Å². The van der Waals surface area contributed by atoms with Gasteiger partial charge in [-0.25, -0.2) is 9.78 Å². The predicted molar refractivity (Wildman–Crippen MR) is 57.0 cm³/mol. The SMILES string of the molecule is CC1(CNc2cccc(C(=O)O)n2)CC1. The number of hydrogen-bond acceptors (Lipinski definition) is 3. The van der Waals surface area contributed by atoms with Crippen LogP contribution in [0, 0.1) is 5.41 Å². The van der Waals surface area contributed by atoms with Crippen molar-refractivity contribution in [3.63, 3.8) is 0 Å². The zero-order chi connectivity index (χ0) is 10.9. The maximum atomic E-state index is 10.7. The Labute approximate surface area is 88.3 Å². The summed E-state index contributed by atoms with van der Waals surface area (Å²) < 4.78 is 0. The van der Waals surface area contributed by atoms with Crippen molar-refractivity contribution in [3.05, 3.63) is 23.9 Å². The minimum atomic E-state index is -0.990. The van der Waals surface area contributed by atoms with Crippen LogP contribution >= 0.6 is 0 Å². The minimum Gasteiger partial charge on any atom is -0.477 e. The van der Waals surface area contributed by atoms with E-state index in [-0.39, 0.29) is 5.69 Å². The Kier molecular flexibility index (Phi) is 2.34. The van der Waals surface area contributed by atoms with Gasteiger partial charge in [0, 0.05) is 6.54 Å². The van der Waals surface area contributed by atoms with Crippen molar-refractivity contribution in [2.45, 2.75) is 19.8 Å². The lowest BCUT2D eigenvalue weighted by molar-refractivity contribution is 0.0690. The van der Waals surface area contributed by atoms with E-state index >= 15 is 0 Å². The Morgan fingerprint density at radius 1 is 1.60 bits per heavy atom. The number of nitrogens with zero attached hydrogens (tertiary/aromatic N) is 1. The summed E-state index contributed by atoms with van der Waals surface area (Å²) in [6, 6.07) is 4.98. The summed E-state index contributed by atoms with van der Waals surface area (Å²) in [4.78, 5) is 14.7. The largest absolute Gasteiger partial charge is 0.477 e. The fourth-order valence-corrected chi connectivity index (χ4v) is 1.35. The van der Waals surface area contributed by atoms with Crippen molar-refractivity contribution in [1.82, 2.24) is 4.98 Å². The van der Waals surface area contributed by atoms with E-state index in [9.17, 15) is 4.79 Å². The van der Waals surface area contributed by atoms with Crippen LogP contribution in [0.4, 0.5) is 5.82 Å². The molecule has 80 valence electrons. The van der Waals surface area contributed by atoms with Gasteiger partial charge in [-0.05, 0) is 30.4 Å². The Morgan fingerprint density at radius 3 is 2.93 bits per heavy atom. The number of anilines is 1. The first-order valence-corrected chi connectivity index (χ1v) is 5.03. The van der Waals surface area contributed by atoms with Gasteiger partial charge in [-0.1, -0.05) is 13.0 Å². The fourth-order valence-electron chi connectivity index (χ4n) is 1.35. The lowest BCUT2D eigenvalue weighted by atomic mass is 10.1. The second-order valence-electron chi connectivity index (χ2n) is 4.38. The van der Waals surface area contributed by atoms with Gasteiger partial charge in [-0.3, -0.25) is 0 Å². The molecule has 1 aliphatic rings. The molecule has 0 atom stereocenters. The lowest BCUT2D eigenvalue weighted by Crippen LogP contribution is -2.13. The molecule has 2 N–H and O–H groups in total. The van der Waals surface area contributed by atoms with Crippen LogP contribution in [-0.2, 0) is 0 Å². The van der Waals surface area contributed by atoms with Gasteiger partial charge in [0.1, 0.15) is 5.82 Å². The molecule has 1 heterocycles. The van der Waals surface area contributed by atoms with Crippen LogP contribution in [0.5, 0.6) is 0 Å². The maximum absolute atomic E-state index is 10.7. The summed E-state index contributed by atoms with van der Waals surface area (Å²) in [6.45, 7) is 3.07. The molecular formula is C11H14N2O2. The Bertz CT molecular complexity index is 386. The molecule has 0 amide bonds. The zero-order valence-corrected chi connectivity index (χ0v) is 8.66. The highest BCUT2D eigenvalue weighted by Gasteiger charge is 2.36. The average molecular weight is 206 g/mol. The van der Waals surface area contributed by atoms with Crippen LogP contribution in [0.3, 0.4) is 0 Å². The summed E-state index contributed by atoms with van der Waals surface area (Å²) >= 11 is 0. The molecule has 0 unspecified atom stereocenters. The van der Waals surface area contributed by atoms with E-state index in [0.29, 0.717) is 11.2 Å². The van der Waals surface area contributed by atoms with Gasteiger partial charge >= 0.3 is 5.97 Å². The Morgan fingerprint density at radius 2 is 2.33 bits per heavy atom. The van der Waals surface area contributed by atoms with Crippen LogP contribution in [0.1, 0.15) is 30.3 Å². The van der Waals surface area contributed by atoms with Gasteiger partial charge < -0.3 is 10.4 Å². The van der Waals surface area contributed by atoms with Gasteiger partial charge in [-0.15, -0.1) is 0 Å². The van der Waals surface area contributed by atoms with Gasteiger partial charge in [0.25, 0.3) is 0 Å². The molecule has 15 heavy (non-hydrogen) atoms. The lowest BCUT2D eigenvalue weighted by Gasteiger charge is -2.10. The number of hydrogen-bond donors (Lipinski definition) is 2. The standard InChI is InChI=1S/C11H14N2O2/c1-11(5-6-11)7-12-9-4-2-3-8(13-9)10(14)15/h2-4H,5-7H2,1H3,(H,12,13)(H,14,15). The van der Waals surface area contributed by atoms with Crippen LogP contribution in [0.15, 0.2) is 18.2 Å². The number of pyridine rings is 1. The Hall–Kier alpha value is -1.58. The number of aromatic carboxylic acids is 1. The normalized spacial score (nSPS) is 17.1. The topological polar surface area (TPSA) is 62.2 Å².